The molecule has 0 spiro atoms. The number of nitrogens with one attached hydrogen (secondary N) is 2. The molecule has 0 saturated carbocycles. The van der Waals surface area contributed by atoms with Crippen molar-refractivity contribution in [2.24, 2.45) is 0 Å². The van der Waals surface area contributed by atoms with Crippen molar-refractivity contribution < 1.29 is 4.74 Å². The Hall–Kier alpha value is -2.00. The predicted molar refractivity (Wildman–Crippen MR) is 86.7 cm³/mol. The molecule has 0 unspecified atom stereocenters. The number of rotatable bonds is 5. The van der Waals surface area contributed by atoms with Crippen LogP contribution in [0.4, 0.5) is 5.69 Å². The Morgan fingerprint density at radius 2 is 1.67 bits per heavy atom. The average molecular weight is 282 g/mol. The topological polar surface area (TPSA) is 33.3 Å². The summed E-state index contributed by atoms with van der Waals surface area (Å²) in [6.45, 7) is 2.83. The molecule has 1 heterocycles. The third kappa shape index (κ3) is 4.23. The van der Waals surface area contributed by atoms with Crippen molar-refractivity contribution in [2.75, 3.05) is 18.4 Å². The number of piperidine rings is 1. The third-order valence-corrected chi connectivity index (χ3v) is 3.81. The van der Waals surface area contributed by atoms with Crippen LogP contribution in [0.5, 0.6) is 5.75 Å². The predicted octanol–water partition coefficient (Wildman–Crippen LogP) is 3.43. The van der Waals surface area contributed by atoms with Gasteiger partial charge in [0.05, 0.1) is 0 Å². The minimum Gasteiger partial charge on any atom is -0.489 e. The Bertz CT molecular complexity index is 533. The maximum Gasteiger partial charge on any atom is 0.119 e. The lowest BCUT2D eigenvalue weighted by molar-refractivity contribution is 0.306. The van der Waals surface area contributed by atoms with Gasteiger partial charge in [-0.25, -0.2) is 0 Å². The van der Waals surface area contributed by atoms with E-state index in [1.54, 1.807) is 0 Å². The van der Waals surface area contributed by atoms with Gasteiger partial charge in [-0.15, -0.1) is 0 Å². The van der Waals surface area contributed by atoms with Crippen molar-refractivity contribution >= 4 is 5.69 Å². The molecule has 1 aliphatic heterocycles. The highest BCUT2D eigenvalue weighted by molar-refractivity contribution is 5.47. The van der Waals surface area contributed by atoms with Crippen LogP contribution in [0.3, 0.4) is 0 Å². The minimum absolute atomic E-state index is 0.585. The van der Waals surface area contributed by atoms with Gasteiger partial charge in [0.25, 0.3) is 0 Å². The highest BCUT2D eigenvalue weighted by Crippen LogP contribution is 2.19. The summed E-state index contributed by atoms with van der Waals surface area (Å²) in [5.41, 5.74) is 2.36. The first kappa shape index (κ1) is 14.0. The summed E-state index contributed by atoms with van der Waals surface area (Å²) < 4.78 is 5.80. The molecule has 2 aromatic rings. The molecular formula is C18H22N2O. The quantitative estimate of drug-likeness (QED) is 0.881. The van der Waals surface area contributed by atoms with Gasteiger partial charge in [-0.2, -0.15) is 0 Å². The van der Waals surface area contributed by atoms with Crippen LogP contribution in [0.2, 0.25) is 0 Å². The fourth-order valence-corrected chi connectivity index (χ4v) is 2.59. The van der Waals surface area contributed by atoms with Gasteiger partial charge in [0, 0.05) is 11.7 Å². The smallest absolute Gasteiger partial charge is 0.119 e. The third-order valence-electron chi connectivity index (χ3n) is 3.81. The molecular weight excluding hydrogens is 260 g/mol. The molecule has 3 heteroatoms. The molecule has 0 bridgehead atoms. The first-order valence-electron chi connectivity index (χ1n) is 7.64. The fraction of sp³-hybridized carbons (Fsp3) is 0.333. The van der Waals surface area contributed by atoms with Gasteiger partial charge in [0.2, 0.25) is 0 Å². The highest BCUT2D eigenvalue weighted by Gasteiger charge is 2.12. The number of benzene rings is 2. The molecule has 2 aromatic carbocycles. The van der Waals surface area contributed by atoms with E-state index in [0.717, 1.165) is 18.8 Å². The van der Waals surface area contributed by atoms with E-state index in [0.29, 0.717) is 12.6 Å². The second-order valence-corrected chi connectivity index (χ2v) is 5.47. The lowest BCUT2D eigenvalue weighted by Gasteiger charge is -2.24. The molecule has 0 amide bonds. The van der Waals surface area contributed by atoms with E-state index in [2.05, 4.69) is 34.9 Å². The lowest BCUT2D eigenvalue weighted by atomic mass is 10.1. The summed E-state index contributed by atoms with van der Waals surface area (Å²) >= 11 is 0. The van der Waals surface area contributed by atoms with E-state index in [1.807, 2.05) is 30.3 Å². The number of anilines is 1. The van der Waals surface area contributed by atoms with E-state index < -0.39 is 0 Å². The zero-order chi connectivity index (χ0) is 14.3. The zero-order valence-corrected chi connectivity index (χ0v) is 12.2. The Morgan fingerprint density at radius 1 is 0.952 bits per heavy atom. The van der Waals surface area contributed by atoms with Crippen molar-refractivity contribution in [1.29, 1.82) is 0 Å². The van der Waals surface area contributed by atoms with Gasteiger partial charge in [0.1, 0.15) is 12.4 Å². The summed E-state index contributed by atoms with van der Waals surface area (Å²) in [6, 6.07) is 19.1. The van der Waals surface area contributed by atoms with Crippen LogP contribution in [-0.4, -0.2) is 19.1 Å². The standard InChI is InChI=1S/C18H22N2O/c1-2-4-15(5-3-1)14-21-18-8-6-16(7-9-18)20-17-10-12-19-13-11-17/h1-9,17,19-20H,10-14H2. The van der Waals surface area contributed by atoms with Crippen LogP contribution in [0.1, 0.15) is 18.4 Å². The Morgan fingerprint density at radius 3 is 2.38 bits per heavy atom. The maximum atomic E-state index is 5.80. The summed E-state index contributed by atoms with van der Waals surface area (Å²) in [7, 11) is 0. The molecule has 0 aromatic heterocycles. The highest BCUT2D eigenvalue weighted by atomic mass is 16.5. The van der Waals surface area contributed by atoms with Gasteiger partial charge >= 0.3 is 0 Å². The van der Waals surface area contributed by atoms with Crippen molar-refractivity contribution in [3.63, 3.8) is 0 Å². The van der Waals surface area contributed by atoms with Gasteiger partial charge in [-0.05, 0) is 55.8 Å². The summed E-state index contributed by atoms with van der Waals surface area (Å²) in [6.07, 6.45) is 2.37. The van der Waals surface area contributed by atoms with Gasteiger partial charge in [-0.3, -0.25) is 0 Å². The van der Waals surface area contributed by atoms with Crippen molar-refractivity contribution in [3.05, 3.63) is 60.2 Å². The van der Waals surface area contributed by atoms with E-state index >= 15 is 0 Å². The monoisotopic (exact) mass is 282 g/mol. The first-order chi connectivity index (χ1) is 10.4. The molecule has 3 nitrogen and oxygen atoms in total. The van der Waals surface area contributed by atoms with Crippen molar-refractivity contribution in [2.45, 2.75) is 25.5 Å². The number of hydrogen-bond donors (Lipinski definition) is 2. The average Bonchev–Trinajstić information content (AvgIpc) is 2.56. The van der Waals surface area contributed by atoms with Gasteiger partial charge < -0.3 is 15.4 Å². The SMILES string of the molecule is c1ccc(COc2ccc(NC3CCNCC3)cc2)cc1. The molecule has 1 aliphatic rings. The van der Waals surface area contributed by atoms with Crippen LogP contribution in [0.15, 0.2) is 54.6 Å². The van der Waals surface area contributed by atoms with Gasteiger partial charge in [-0.1, -0.05) is 30.3 Å². The largest absolute Gasteiger partial charge is 0.489 e. The van der Waals surface area contributed by atoms with Crippen LogP contribution >= 0.6 is 0 Å². The normalized spacial score (nSPS) is 15.6. The van der Waals surface area contributed by atoms with Crippen LogP contribution < -0.4 is 15.4 Å². The van der Waals surface area contributed by atoms with E-state index in [9.17, 15) is 0 Å². The number of hydrogen-bond acceptors (Lipinski definition) is 3. The van der Waals surface area contributed by atoms with Crippen molar-refractivity contribution in [3.8, 4) is 5.75 Å². The summed E-state index contributed by atoms with van der Waals surface area (Å²) in [4.78, 5) is 0. The second-order valence-electron chi connectivity index (χ2n) is 5.47. The Balaban J connectivity index is 1.51. The maximum absolute atomic E-state index is 5.80. The number of ether oxygens (including phenoxy) is 1. The summed E-state index contributed by atoms with van der Waals surface area (Å²) in [5, 5.41) is 6.97. The molecule has 1 saturated heterocycles. The minimum atomic E-state index is 0.585. The molecule has 0 aliphatic carbocycles. The zero-order valence-electron chi connectivity index (χ0n) is 12.2. The lowest BCUT2D eigenvalue weighted by Crippen LogP contribution is -2.35. The molecule has 110 valence electrons. The van der Waals surface area contributed by atoms with E-state index in [-0.39, 0.29) is 0 Å². The van der Waals surface area contributed by atoms with Gasteiger partial charge in [0.15, 0.2) is 0 Å². The van der Waals surface area contributed by atoms with E-state index in [1.165, 1.54) is 24.1 Å². The van der Waals surface area contributed by atoms with Crippen LogP contribution in [-0.2, 0) is 6.61 Å². The molecule has 2 N–H and O–H groups in total. The molecule has 0 radical (unpaired) electrons. The molecule has 0 atom stereocenters. The first-order valence-corrected chi connectivity index (χ1v) is 7.64. The second kappa shape index (κ2) is 7.14. The van der Waals surface area contributed by atoms with E-state index in [4.69, 9.17) is 4.74 Å². The summed E-state index contributed by atoms with van der Waals surface area (Å²) in [5.74, 6) is 0.912. The van der Waals surface area contributed by atoms with Crippen LogP contribution in [0.25, 0.3) is 0 Å². The Kier molecular flexibility index (Phi) is 4.74. The fourth-order valence-electron chi connectivity index (χ4n) is 2.59. The molecule has 1 fully saturated rings. The van der Waals surface area contributed by atoms with Crippen LogP contribution in [0, 0.1) is 0 Å². The van der Waals surface area contributed by atoms with Crippen molar-refractivity contribution in [1.82, 2.24) is 5.32 Å². The Labute approximate surface area is 126 Å². The molecule has 3 rings (SSSR count). The molecule has 21 heavy (non-hydrogen) atoms.